The van der Waals surface area contributed by atoms with Crippen molar-refractivity contribution in [2.45, 2.75) is 32.7 Å². The first-order valence-electron chi connectivity index (χ1n) is 10.8. The van der Waals surface area contributed by atoms with Gasteiger partial charge in [0.2, 0.25) is 0 Å². The highest BCUT2D eigenvalue weighted by Gasteiger charge is 2.28. The van der Waals surface area contributed by atoms with Gasteiger partial charge in [0, 0.05) is 45.2 Å². The largest absolute Gasteiger partial charge is 0.365 e. The molecule has 1 saturated heterocycles. The average molecular weight is 402 g/mol. The molecule has 3 aromatic heterocycles. The molecule has 0 aromatic carbocycles. The third-order valence-electron chi connectivity index (χ3n) is 6.40. The SMILES string of the molecule is CCC1CN(c2ccc(C#N)n3ncc(C)c23)Cc2ccc(N3CCNCC3)nc21. The number of nitriles is 1. The molecule has 0 bridgehead atoms. The Kier molecular flexibility index (Phi) is 4.80. The first-order chi connectivity index (χ1) is 14.7. The molecular weight excluding hydrogens is 374 g/mol. The van der Waals surface area contributed by atoms with Crippen LogP contribution in [0.2, 0.25) is 0 Å². The van der Waals surface area contributed by atoms with Gasteiger partial charge < -0.3 is 15.1 Å². The molecule has 30 heavy (non-hydrogen) atoms. The summed E-state index contributed by atoms with van der Waals surface area (Å²) in [6, 6.07) is 10.6. The summed E-state index contributed by atoms with van der Waals surface area (Å²) in [5.74, 6) is 1.49. The van der Waals surface area contributed by atoms with Crippen molar-refractivity contribution in [2.75, 3.05) is 42.5 Å². The van der Waals surface area contributed by atoms with Gasteiger partial charge >= 0.3 is 0 Å². The second-order valence-electron chi connectivity index (χ2n) is 8.24. The first-order valence-corrected chi connectivity index (χ1v) is 10.8. The second-order valence-corrected chi connectivity index (χ2v) is 8.24. The van der Waals surface area contributed by atoms with Crippen molar-refractivity contribution in [3.63, 3.8) is 0 Å². The molecule has 5 rings (SSSR count). The first kappa shape index (κ1) is 18.9. The zero-order chi connectivity index (χ0) is 20.7. The molecule has 7 heteroatoms. The summed E-state index contributed by atoms with van der Waals surface area (Å²) in [4.78, 5) is 9.93. The molecule has 7 nitrogen and oxygen atoms in total. The molecule has 0 aliphatic carbocycles. The lowest BCUT2D eigenvalue weighted by Gasteiger charge is -2.37. The topological polar surface area (TPSA) is 72.5 Å². The Morgan fingerprint density at radius 2 is 2.00 bits per heavy atom. The summed E-state index contributed by atoms with van der Waals surface area (Å²) in [6.45, 7) is 10.1. The number of aromatic nitrogens is 3. The molecule has 0 spiro atoms. The van der Waals surface area contributed by atoms with Crippen LogP contribution in [-0.2, 0) is 6.54 Å². The van der Waals surface area contributed by atoms with Crippen molar-refractivity contribution in [3.05, 3.63) is 53.0 Å². The van der Waals surface area contributed by atoms with Crippen LogP contribution in [0.4, 0.5) is 11.5 Å². The van der Waals surface area contributed by atoms with Crippen molar-refractivity contribution < 1.29 is 0 Å². The molecule has 1 atom stereocenters. The van der Waals surface area contributed by atoms with E-state index >= 15 is 0 Å². The molecule has 1 unspecified atom stereocenters. The minimum Gasteiger partial charge on any atom is -0.365 e. The summed E-state index contributed by atoms with van der Waals surface area (Å²) in [5.41, 5.74) is 6.37. The van der Waals surface area contributed by atoms with Gasteiger partial charge in [0.25, 0.3) is 0 Å². The summed E-state index contributed by atoms with van der Waals surface area (Å²) in [6.07, 6.45) is 2.89. The molecule has 3 aromatic rings. The molecule has 0 radical (unpaired) electrons. The molecular formula is C23H27N7. The number of fused-ring (bicyclic) bond motifs is 2. The Balaban J connectivity index is 1.52. The fraction of sp³-hybridized carbons (Fsp3) is 0.435. The predicted octanol–water partition coefficient (Wildman–Crippen LogP) is 2.83. The fourth-order valence-corrected chi connectivity index (χ4v) is 4.75. The van der Waals surface area contributed by atoms with Crippen molar-refractivity contribution in [3.8, 4) is 6.07 Å². The Hall–Kier alpha value is -3.11. The van der Waals surface area contributed by atoms with E-state index in [2.05, 4.69) is 58.3 Å². The van der Waals surface area contributed by atoms with Gasteiger partial charge in [-0.25, -0.2) is 9.50 Å². The fourth-order valence-electron chi connectivity index (χ4n) is 4.75. The molecule has 2 aliphatic rings. The number of anilines is 2. The quantitative estimate of drug-likeness (QED) is 0.728. The minimum atomic E-state index is 0.385. The van der Waals surface area contributed by atoms with Crippen LogP contribution in [0.25, 0.3) is 5.52 Å². The van der Waals surface area contributed by atoms with Crippen LogP contribution in [0.3, 0.4) is 0 Å². The maximum Gasteiger partial charge on any atom is 0.142 e. The van der Waals surface area contributed by atoms with Crippen LogP contribution >= 0.6 is 0 Å². The van der Waals surface area contributed by atoms with Crippen LogP contribution in [0, 0.1) is 18.3 Å². The van der Waals surface area contributed by atoms with Crippen LogP contribution in [0.15, 0.2) is 30.5 Å². The Morgan fingerprint density at radius 1 is 1.17 bits per heavy atom. The molecule has 0 amide bonds. The van der Waals surface area contributed by atoms with Crippen LogP contribution in [-0.4, -0.2) is 47.3 Å². The maximum absolute atomic E-state index is 9.45. The zero-order valence-electron chi connectivity index (χ0n) is 17.6. The monoisotopic (exact) mass is 401 g/mol. The van der Waals surface area contributed by atoms with E-state index in [0.717, 1.165) is 68.3 Å². The molecule has 5 heterocycles. The van der Waals surface area contributed by atoms with Crippen LogP contribution in [0.1, 0.15) is 41.8 Å². The second kappa shape index (κ2) is 7.62. The number of hydrogen-bond acceptors (Lipinski definition) is 6. The maximum atomic E-state index is 9.45. The Morgan fingerprint density at radius 3 is 2.77 bits per heavy atom. The van der Waals surface area contributed by atoms with E-state index in [0.29, 0.717) is 11.6 Å². The predicted molar refractivity (Wildman–Crippen MR) is 118 cm³/mol. The number of aryl methyl sites for hydroxylation is 1. The number of nitrogens with zero attached hydrogens (tertiary/aromatic N) is 6. The number of piperazine rings is 1. The van der Waals surface area contributed by atoms with E-state index in [1.807, 2.05) is 12.3 Å². The van der Waals surface area contributed by atoms with Gasteiger partial charge in [-0.05, 0) is 42.7 Å². The van der Waals surface area contributed by atoms with Gasteiger partial charge in [-0.3, -0.25) is 0 Å². The summed E-state index contributed by atoms with van der Waals surface area (Å²) in [5, 5.41) is 17.3. The van der Waals surface area contributed by atoms with E-state index in [9.17, 15) is 5.26 Å². The highest BCUT2D eigenvalue weighted by atomic mass is 15.3. The average Bonchev–Trinajstić information content (AvgIpc) is 3.19. The van der Waals surface area contributed by atoms with E-state index in [-0.39, 0.29) is 0 Å². The van der Waals surface area contributed by atoms with Gasteiger partial charge in [0.1, 0.15) is 17.6 Å². The van der Waals surface area contributed by atoms with E-state index in [1.54, 1.807) is 4.52 Å². The lowest BCUT2D eigenvalue weighted by molar-refractivity contribution is 0.559. The van der Waals surface area contributed by atoms with E-state index < -0.39 is 0 Å². The number of nitrogens with one attached hydrogen (secondary N) is 1. The van der Waals surface area contributed by atoms with Gasteiger partial charge in [-0.1, -0.05) is 13.0 Å². The highest BCUT2D eigenvalue weighted by Crippen LogP contribution is 2.36. The van der Waals surface area contributed by atoms with Crippen molar-refractivity contribution in [1.82, 2.24) is 19.9 Å². The Bertz CT molecular complexity index is 1120. The molecule has 1 N–H and O–H groups in total. The van der Waals surface area contributed by atoms with E-state index in [1.165, 1.54) is 11.3 Å². The van der Waals surface area contributed by atoms with Gasteiger partial charge in [0.05, 0.1) is 23.1 Å². The van der Waals surface area contributed by atoms with Crippen LogP contribution in [0.5, 0.6) is 0 Å². The van der Waals surface area contributed by atoms with Gasteiger partial charge in [0.15, 0.2) is 0 Å². The molecule has 154 valence electrons. The van der Waals surface area contributed by atoms with Crippen molar-refractivity contribution in [1.29, 1.82) is 5.26 Å². The molecule has 2 aliphatic heterocycles. The number of hydrogen-bond donors (Lipinski definition) is 1. The summed E-state index contributed by atoms with van der Waals surface area (Å²) in [7, 11) is 0. The zero-order valence-corrected chi connectivity index (χ0v) is 17.6. The number of rotatable bonds is 3. The van der Waals surface area contributed by atoms with Crippen LogP contribution < -0.4 is 15.1 Å². The van der Waals surface area contributed by atoms with Gasteiger partial charge in [-0.15, -0.1) is 0 Å². The standard InChI is InChI=1S/C23H27N7/c1-3-17-14-29(20-6-5-19(12-24)30-23(20)16(2)13-26-30)15-18-4-7-21(27-22(17)18)28-10-8-25-9-11-28/h4-7,13,17,25H,3,8-11,14-15H2,1-2H3. The normalized spacial score (nSPS) is 19.0. The number of pyridine rings is 2. The lowest BCUT2D eigenvalue weighted by Crippen LogP contribution is -2.44. The van der Waals surface area contributed by atoms with Crippen molar-refractivity contribution in [2.24, 2.45) is 0 Å². The summed E-state index contributed by atoms with van der Waals surface area (Å²) < 4.78 is 1.77. The Labute approximate surface area is 176 Å². The third kappa shape index (κ3) is 3.08. The summed E-state index contributed by atoms with van der Waals surface area (Å²) >= 11 is 0. The molecule has 0 saturated carbocycles. The third-order valence-corrected chi connectivity index (χ3v) is 6.40. The smallest absolute Gasteiger partial charge is 0.142 e. The lowest BCUT2D eigenvalue weighted by atomic mass is 9.92. The van der Waals surface area contributed by atoms with Crippen molar-refractivity contribution >= 4 is 17.0 Å². The highest BCUT2D eigenvalue weighted by molar-refractivity contribution is 5.77. The van der Waals surface area contributed by atoms with E-state index in [4.69, 9.17) is 4.98 Å². The van der Waals surface area contributed by atoms with Gasteiger partial charge in [-0.2, -0.15) is 10.4 Å². The molecule has 1 fully saturated rings. The minimum absolute atomic E-state index is 0.385.